The van der Waals surface area contributed by atoms with Crippen molar-refractivity contribution in [1.82, 2.24) is 47.2 Å². The monoisotopic (exact) mass is 997 g/mol. The molecule has 3 rings (SSSR count). The highest BCUT2D eigenvalue weighted by Gasteiger charge is 2.35. The molecule has 0 saturated heterocycles. The Morgan fingerprint density at radius 3 is 1.41 bits per heavy atom. The Kier molecular flexibility index (Phi) is 22.8. The zero-order chi connectivity index (χ0) is 52.9. The number of aromatic hydroxyl groups is 2. The van der Waals surface area contributed by atoms with Crippen molar-refractivity contribution < 1.29 is 73.8 Å². The first-order valence-corrected chi connectivity index (χ1v) is 22.3. The Hall–Kier alpha value is -7.68. The lowest BCUT2D eigenvalue weighted by molar-refractivity contribution is -0.145. The summed E-state index contributed by atoms with van der Waals surface area (Å²) in [5.74, 6) is -10.1. The standard InChI is InChI=1S/C45H63N11O15/c1-22(2)14-31(51-41(66)32(15-24-4-8-27(60)9-5-24)52-39(64)30(12-13-36(47)62)50-38(63)29(46)17-26-18-48-21-49-26)40(65)54-35(20-58)44(69)55-34(19-57)43(68)53-33(16-25-6-10-28(61)11-7-25)42(67)56-37(23(3)59)45(70)71/h4-11,18,21-23,29-35,37,57-61H,12-17,19-20,46H2,1-3H3,(H2,47,62)(H,48,49)(H,50,63)(H,51,66)(H,52,64)(H,53,68)(H,54,65)(H,55,69)(H,56,67)(H,70,71)/t23-,29+,30+,31+,32+,33+,34+,35+,37+/m1/s1. The highest BCUT2D eigenvalue weighted by molar-refractivity contribution is 5.98. The molecule has 2 aromatic carbocycles. The summed E-state index contributed by atoms with van der Waals surface area (Å²) >= 11 is 0. The van der Waals surface area contributed by atoms with Crippen LogP contribution in [-0.4, -0.2) is 161 Å². The quantitative estimate of drug-likeness (QED) is 0.0311. The number of hydrogen-bond acceptors (Lipinski definition) is 16. The van der Waals surface area contributed by atoms with E-state index in [0.29, 0.717) is 16.8 Å². The summed E-state index contributed by atoms with van der Waals surface area (Å²) in [7, 11) is 0. The number of aliphatic hydroxyl groups is 3. The van der Waals surface area contributed by atoms with Gasteiger partial charge < -0.3 is 84.3 Å². The molecule has 0 radical (unpaired) electrons. The number of aliphatic hydroxyl groups excluding tert-OH is 3. The summed E-state index contributed by atoms with van der Waals surface area (Å²) in [5, 5.41) is 75.9. The Morgan fingerprint density at radius 1 is 0.592 bits per heavy atom. The van der Waals surface area contributed by atoms with Crippen LogP contribution in [0.25, 0.3) is 0 Å². The van der Waals surface area contributed by atoms with Gasteiger partial charge in [0.05, 0.1) is 31.7 Å². The van der Waals surface area contributed by atoms with E-state index in [1.165, 1.54) is 61.1 Å². The molecule has 0 unspecified atom stereocenters. The van der Waals surface area contributed by atoms with Gasteiger partial charge >= 0.3 is 5.97 Å². The summed E-state index contributed by atoms with van der Waals surface area (Å²) in [6.45, 7) is 2.34. The molecule has 26 nitrogen and oxygen atoms in total. The van der Waals surface area contributed by atoms with Crippen molar-refractivity contribution in [2.24, 2.45) is 17.4 Å². The van der Waals surface area contributed by atoms with Crippen LogP contribution in [-0.2, 0) is 62.4 Å². The average molecular weight is 998 g/mol. The number of H-pyrrole nitrogens is 1. The molecule has 1 aromatic heterocycles. The van der Waals surface area contributed by atoms with Crippen LogP contribution in [0.15, 0.2) is 61.1 Å². The van der Waals surface area contributed by atoms with Gasteiger partial charge in [0.25, 0.3) is 0 Å². The lowest BCUT2D eigenvalue weighted by Gasteiger charge is -2.28. The lowest BCUT2D eigenvalue weighted by atomic mass is 10.00. The Morgan fingerprint density at radius 2 is 1.00 bits per heavy atom. The fraction of sp³-hybridized carbons (Fsp3) is 0.467. The van der Waals surface area contributed by atoms with Gasteiger partial charge in [0.1, 0.15) is 47.8 Å². The largest absolute Gasteiger partial charge is 0.508 e. The number of benzene rings is 2. The van der Waals surface area contributed by atoms with E-state index in [1.807, 2.05) is 0 Å². The Balaban J connectivity index is 1.82. The van der Waals surface area contributed by atoms with Crippen LogP contribution in [0.1, 0.15) is 56.9 Å². The molecule has 0 bridgehead atoms. The smallest absolute Gasteiger partial charge is 0.328 e. The SMILES string of the molecule is CC(C)C[C@H](NC(=O)[C@H](Cc1ccc(O)cc1)NC(=O)[C@H](CCC(N)=O)NC(=O)[C@@H](N)Cc1cnc[nH]1)C(=O)N[C@@H](CO)C(=O)N[C@@H](CO)C(=O)N[C@@H](Cc1ccc(O)cc1)C(=O)N[C@H](C(=O)O)[C@@H](C)O. The number of carboxylic acids is 1. The van der Waals surface area contributed by atoms with Gasteiger partial charge in [0.2, 0.25) is 47.3 Å². The van der Waals surface area contributed by atoms with Crippen LogP contribution in [0.2, 0.25) is 0 Å². The number of phenols is 2. The normalized spacial score (nSPS) is 14.9. The van der Waals surface area contributed by atoms with Gasteiger partial charge in [-0.15, -0.1) is 0 Å². The number of amides is 8. The molecule has 71 heavy (non-hydrogen) atoms. The number of imidazole rings is 1. The number of hydrogen-bond donors (Lipinski definition) is 16. The zero-order valence-electron chi connectivity index (χ0n) is 39.2. The molecule has 0 spiro atoms. The number of nitrogens with two attached hydrogens (primary N) is 2. The number of primary amides is 1. The predicted molar refractivity (Wildman–Crippen MR) is 249 cm³/mol. The molecule has 0 aliphatic heterocycles. The molecule has 18 N–H and O–H groups in total. The molecule has 0 saturated carbocycles. The number of aliphatic carboxylic acids is 1. The lowest BCUT2D eigenvalue weighted by Crippen LogP contribution is -2.61. The third kappa shape index (κ3) is 19.3. The zero-order valence-corrected chi connectivity index (χ0v) is 39.2. The predicted octanol–water partition coefficient (Wildman–Crippen LogP) is -4.67. The van der Waals surface area contributed by atoms with Gasteiger partial charge in [0, 0.05) is 37.6 Å². The van der Waals surface area contributed by atoms with Crippen molar-refractivity contribution in [2.45, 2.75) is 114 Å². The third-order valence-corrected chi connectivity index (χ3v) is 10.7. The molecule has 0 aliphatic carbocycles. The summed E-state index contributed by atoms with van der Waals surface area (Å²) in [5.41, 5.74) is 12.7. The van der Waals surface area contributed by atoms with Gasteiger partial charge in [0.15, 0.2) is 6.04 Å². The fourth-order valence-electron chi connectivity index (χ4n) is 6.81. The van der Waals surface area contributed by atoms with E-state index in [2.05, 4.69) is 47.2 Å². The van der Waals surface area contributed by atoms with Gasteiger partial charge in [-0.3, -0.25) is 38.4 Å². The fourth-order valence-corrected chi connectivity index (χ4v) is 6.81. The second kappa shape index (κ2) is 28.1. The van der Waals surface area contributed by atoms with Crippen LogP contribution >= 0.6 is 0 Å². The number of nitrogens with zero attached hydrogens (tertiary/aromatic N) is 1. The first-order valence-electron chi connectivity index (χ1n) is 22.3. The number of carboxylic acid groups (broad SMARTS) is 1. The van der Waals surface area contributed by atoms with Crippen molar-refractivity contribution in [3.8, 4) is 11.5 Å². The van der Waals surface area contributed by atoms with Crippen LogP contribution < -0.4 is 48.7 Å². The van der Waals surface area contributed by atoms with Crippen LogP contribution in [0.4, 0.5) is 0 Å². The summed E-state index contributed by atoms with van der Waals surface area (Å²) < 4.78 is 0. The first-order chi connectivity index (χ1) is 33.5. The molecule has 0 fully saturated rings. The highest BCUT2D eigenvalue weighted by atomic mass is 16.4. The van der Waals surface area contributed by atoms with E-state index >= 15 is 0 Å². The molecule has 9 atom stereocenters. The molecule has 1 heterocycles. The van der Waals surface area contributed by atoms with E-state index in [4.69, 9.17) is 11.5 Å². The van der Waals surface area contributed by atoms with E-state index in [-0.39, 0.29) is 55.9 Å². The number of nitrogens with one attached hydrogen (secondary N) is 8. The van der Waals surface area contributed by atoms with Crippen molar-refractivity contribution in [2.75, 3.05) is 13.2 Å². The first kappa shape index (κ1) is 57.6. The maximum Gasteiger partial charge on any atom is 0.328 e. The van der Waals surface area contributed by atoms with Crippen molar-refractivity contribution in [3.63, 3.8) is 0 Å². The minimum atomic E-state index is -1.84. The Bertz CT molecular complexity index is 2280. The van der Waals surface area contributed by atoms with E-state index in [1.54, 1.807) is 13.8 Å². The Labute approximate surface area is 407 Å². The minimum absolute atomic E-state index is 0.00493. The van der Waals surface area contributed by atoms with Crippen LogP contribution in [0, 0.1) is 5.92 Å². The van der Waals surface area contributed by atoms with Gasteiger partial charge in [-0.05, 0) is 61.1 Å². The maximum absolute atomic E-state index is 14.2. The molecular formula is C45H63N11O15. The third-order valence-electron chi connectivity index (χ3n) is 10.7. The van der Waals surface area contributed by atoms with Crippen molar-refractivity contribution >= 4 is 53.2 Å². The molecular weight excluding hydrogens is 935 g/mol. The van der Waals surface area contributed by atoms with Crippen molar-refractivity contribution in [1.29, 1.82) is 0 Å². The van der Waals surface area contributed by atoms with Crippen molar-refractivity contribution in [3.05, 3.63) is 77.9 Å². The highest BCUT2D eigenvalue weighted by Crippen LogP contribution is 2.15. The molecule has 3 aromatic rings. The topological polar surface area (TPSA) is 440 Å². The number of carbonyl (C=O) groups excluding carboxylic acids is 8. The summed E-state index contributed by atoms with van der Waals surface area (Å²) in [6.07, 6.45) is -0.0146. The molecule has 388 valence electrons. The van der Waals surface area contributed by atoms with Crippen LogP contribution in [0.5, 0.6) is 11.5 Å². The summed E-state index contributed by atoms with van der Waals surface area (Å²) in [4.78, 5) is 125. The number of carbonyl (C=O) groups is 9. The molecule has 26 heteroatoms. The maximum atomic E-state index is 14.2. The number of rotatable bonds is 29. The second-order valence-electron chi connectivity index (χ2n) is 17.1. The van der Waals surface area contributed by atoms with E-state index < -0.39 is 121 Å². The van der Waals surface area contributed by atoms with Gasteiger partial charge in [-0.25, -0.2) is 9.78 Å². The van der Waals surface area contributed by atoms with Gasteiger partial charge in [-0.1, -0.05) is 38.1 Å². The van der Waals surface area contributed by atoms with E-state index in [9.17, 15) is 73.8 Å². The van der Waals surface area contributed by atoms with Crippen LogP contribution in [0.3, 0.4) is 0 Å². The molecule has 8 amide bonds. The second-order valence-corrected chi connectivity index (χ2v) is 17.1. The average Bonchev–Trinajstić information content (AvgIpc) is 3.83. The number of aromatic nitrogens is 2. The van der Waals surface area contributed by atoms with Gasteiger partial charge in [-0.2, -0.15) is 0 Å². The minimum Gasteiger partial charge on any atom is -0.508 e. The number of aromatic amines is 1. The van der Waals surface area contributed by atoms with E-state index in [0.717, 1.165) is 6.92 Å². The number of phenolic OH excluding ortho intramolecular Hbond substituents is 2. The molecule has 0 aliphatic rings. The summed E-state index contributed by atoms with van der Waals surface area (Å²) in [6, 6.07) is -1.66.